The van der Waals surface area contributed by atoms with Gasteiger partial charge in [0.1, 0.15) is 0 Å². The normalized spacial score (nSPS) is 11.2. The number of benzene rings is 2. The number of amides is 1. The minimum atomic E-state index is -0.163. The van der Waals surface area contributed by atoms with E-state index in [1.807, 2.05) is 50.2 Å². The van der Waals surface area contributed by atoms with E-state index in [9.17, 15) is 4.79 Å². The SMILES string of the molecule is Cc1cc(SCC(=O)N/N=C/c2cccc(Cl)c2)c2cccc(C)c2n1. The third-order valence-electron chi connectivity index (χ3n) is 3.74. The van der Waals surface area contributed by atoms with Crippen LogP contribution < -0.4 is 5.43 Å². The molecule has 0 radical (unpaired) electrons. The molecule has 1 N–H and O–H groups in total. The Labute approximate surface area is 161 Å². The van der Waals surface area contributed by atoms with E-state index in [-0.39, 0.29) is 11.7 Å². The Morgan fingerprint density at radius 1 is 1.23 bits per heavy atom. The number of aromatic nitrogens is 1. The quantitative estimate of drug-likeness (QED) is 0.393. The van der Waals surface area contributed by atoms with Crippen LogP contribution in [-0.4, -0.2) is 22.9 Å². The molecule has 0 fully saturated rings. The first-order chi connectivity index (χ1) is 12.5. The summed E-state index contributed by atoms with van der Waals surface area (Å²) in [5.74, 6) is 0.114. The Morgan fingerprint density at radius 3 is 2.85 bits per heavy atom. The topological polar surface area (TPSA) is 54.4 Å². The fourth-order valence-electron chi connectivity index (χ4n) is 2.54. The van der Waals surface area contributed by atoms with Gasteiger partial charge in [0.25, 0.3) is 0 Å². The molecule has 3 aromatic rings. The zero-order chi connectivity index (χ0) is 18.5. The summed E-state index contributed by atoms with van der Waals surface area (Å²) < 4.78 is 0. The molecule has 0 aliphatic heterocycles. The van der Waals surface area contributed by atoms with E-state index in [0.717, 1.165) is 32.6 Å². The number of carbonyl (C=O) groups excluding carboxylic acids is 1. The Balaban J connectivity index is 1.65. The first kappa shape index (κ1) is 18.4. The number of fused-ring (bicyclic) bond motifs is 1. The van der Waals surface area contributed by atoms with Crippen LogP contribution in [0.1, 0.15) is 16.8 Å². The molecule has 0 aliphatic carbocycles. The molecule has 0 unspecified atom stereocenters. The first-order valence-electron chi connectivity index (χ1n) is 8.10. The highest BCUT2D eigenvalue weighted by Gasteiger charge is 2.09. The third kappa shape index (κ3) is 4.62. The van der Waals surface area contributed by atoms with Gasteiger partial charge in [0.05, 0.1) is 17.5 Å². The van der Waals surface area contributed by atoms with Crippen molar-refractivity contribution in [3.05, 3.63) is 70.4 Å². The number of rotatable bonds is 5. The molecule has 4 nitrogen and oxygen atoms in total. The van der Waals surface area contributed by atoms with E-state index >= 15 is 0 Å². The number of nitrogens with zero attached hydrogens (tertiary/aromatic N) is 2. The molecule has 0 saturated heterocycles. The van der Waals surface area contributed by atoms with Gasteiger partial charge in [-0.1, -0.05) is 41.9 Å². The van der Waals surface area contributed by atoms with Gasteiger partial charge in [0.15, 0.2) is 0 Å². The molecule has 0 spiro atoms. The number of hydrazone groups is 1. The highest BCUT2D eigenvalue weighted by molar-refractivity contribution is 8.00. The molecule has 1 heterocycles. The molecule has 132 valence electrons. The van der Waals surface area contributed by atoms with Crippen LogP contribution in [0.15, 0.2) is 58.5 Å². The maximum absolute atomic E-state index is 12.1. The summed E-state index contributed by atoms with van der Waals surface area (Å²) in [6, 6.07) is 15.4. The van der Waals surface area contributed by atoms with Crippen LogP contribution in [0.2, 0.25) is 5.02 Å². The van der Waals surface area contributed by atoms with Crippen molar-refractivity contribution in [2.45, 2.75) is 18.7 Å². The lowest BCUT2D eigenvalue weighted by Crippen LogP contribution is -2.19. The summed E-state index contributed by atoms with van der Waals surface area (Å²) >= 11 is 7.40. The minimum Gasteiger partial charge on any atom is -0.272 e. The summed E-state index contributed by atoms with van der Waals surface area (Å²) in [5, 5.41) is 5.68. The maximum Gasteiger partial charge on any atom is 0.250 e. The number of para-hydroxylation sites is 1. The predicted octanol–water partition coefficient (Wildman–Crippen LogP) is 4.75. The van der Waals surface area contributed by atoms with Gasteiger partial charge >= 0.3 is 0 Å². The second-order valence-corrected chi connectivity index (χ2v) is 7.32. The third-order valence-corrected chi connectivity index (χ3v) is 5.03. The summed E-state index contributed by atoms with van der Waals surface area (Å²) in [4.78, 5) is 17.7. The van der Waals surface area contributed by atoms with E-state index in [0.29, 0.717) is 5.02 Å². The van der Waals surface area contributed by atoms with Crippen LogP contribution >= 0.6 is 23.4 Å². The van der Waals surface area contributed by atoms with Gasteiger partial charge in [-0.2, -0.15) is 5.10 Å². The molecule has 0 aliphatic rings. The van der Waals surface area contributed by atoms with E-state index in [1.165, 1.54) is 11.8 Å². The molecule has 26 heavy (non-hydrogen) atoms. The molecule has 1 amide bonds. The van der Waals surface area contributed by atoms with Gasteiger partial charge in [-0.3, -0.25) is 9.78 Å². The van der Waals surface area contributed by atoms with Crippen molar-refractivity contribution in [2.75, 3.05) is 5.75 Å². The van der Waals surface area contributed by atoms with Crippen molar-refractivity contribution in [3.8, 4) is 0 Å². The fourth-order valence-corrected chi connectivity index (χ4v) is 3.67. The number of thioether (sulfide) groups is 1. The Morgan fingerprint density at radius 2 is 2.04 bits per heavy atom. The summed E-state index contributed by atoms with van der Waals surface area (Å²) in [7, 11) is 0. The zero-order valence-electron chi connectivity index (χ0n) is 14.5. The highest BCUT2D eigenvalue weighted by atomic mass is 35.5. The predicted molar refractivity (Wildman–Crippen MR) is 109 cm³/mol. The molecule has 6 heteroatoms. The lowest BCUT2D eigenvalue weighted by atomic mass is 10.1. The second kappa shape index (κ2) is 8.34. The fraction of sp³-hybridized carbons (Fsp3) is 0.150. The average Bonchev–Trinajstić information content (AvgIpc) is 2.60. The van der Waals surface area contributed by atoms with Crippen LogP contribution in [-0.2, 0) is 4.79 Å². The summed E-state index contributed by atoms with van der Waals surface area (Å²) in [6.07, 6.45) is 1.57. The smallest absolute Gasteiger partial charge is 0.250 e. The average molecular weight is 384 g/mol. The second-order valence-electron chi connectivity index (χ2n) is 5.87. The monoisotopic (exact) mass is 383 g/mol. The van der Waals surface area contributed by atoms with Crippen LogP contribution in [0.3, 0.4) is 0 Å². The van der Waals surface area contributed by atoms with E-state index < -0.39 is 0 Å². The van der Waals surface area contributed by atoms with E-state index in [1.54, 1.807) is 18.3 Å². The first-order valence-corrected chi connectivity index (χ1v) is 9.46. The molecule has 0 saturated carbocycles. The number of carbonyl (C=O) groups is 1. The van der Waals surface area contributed by atoms with Gasteiger partial charge in [-0.25, -0.2) is 5.43 Å². The largest absolute Gasteiger partial charge is 0.272 e. The Hall–Kier alpha value is -2.37. The van der Waals surface area contributed by atoms with Crippen LogP contribution in [0.5, 0.6) is 0 Å². The molecule has 3 rings (SSSR count). The van der Waals surface area contributed by atoms with Crippen molar-refractivity contribution in [1.82, 2.24) is 10.4 Å². The van der Waals surface area contributed by atoms with E-state index in [2.05, 4.69) is 15.5 Å². The standard InChI is InChI=1S/C20H18ClN3OS/c1-13-5-3-8-17-18(9-14(2)23-20(13)17)26-12-19(25)24-22-11-15-6-4-7-16(21)10-15/h3-11H,12H2,1-2H3,(H,24,25)/b22-11+. The molecule has 0 bridgehead atoms. The van der Waals surface area contributed by atoms with Gasteiger partial charge in [-0.05, 0) is 43.2 Å². The Kier molecular flexibility index (Phi) is 5.91. The molecular formula is C20H18ClN3OS. The number of hydrogen-bond donors (Lipinski definition) is 1. The van der Waals surface area contributed by atoms with Gasteiger partial charge in [0, 0.05) is 21.0 Å². The van der Waals surface area contributed by atoms with Crippen molar-refractivity contribution in [1.29, 1.82) is 0 Å². The van der Waals surface area contributed by atoms with Crippen molar-refractivity contribution < 1.29 is 4.79 Å². The molecule has 1 aromatic heterocycles. The Bertz CT molecular complexity index is 988. The van der Waals surface area contributed by atoms with Crippen molar-refractivity contribution in [3.63, 3.8) is 0 Å². The van der Waals surface area contributed by atoms with Crippen molar-refractivity contribution >= 4 is 46.4 Å². The number of nitrogens with one attached hydrogen (secondary N) is 1. The molecule has 0 atom stereocenters. The van der Waals surface area contributed by atoms with Gasteiger partial charge in [-0.15, -0.1) is 11.8 Å². The minimum absolute atomic E-state index is 0.163. The van der Waals surface area contributed by atoms with Crippen LogP contribution in [0.4, 0.5) is 0 Å². The van der Waals surface area contributed by atoms with Gasteiger partial charge in [0.2, 0.25) is 5.91 Å². The summed E-state index contributed by atoms with van der Waals surface area (Å²) in [6.45, 7) is 4.01. The molecular weight excluding hydrogens is 366 g/mol. The highest BCUT2D eigenvalue weighted by Crippen LogP contribution is 2.29. The van der Waals surface area contributed by atoms with Gasteiger partial charge < -0.3 is 0 Å². The lowest BCUT2D eigenvalue weighted by molar-refractivity contribution is -0.118. The number of hydrogen-bond acceptors (Lipinski definition) is 4. The van der Waals surface area contributed by atoms with Crippen molar-refractivity contribution in [2.24, 2.45) is 5.10 Å². The van der Waals surface area contributed by atoms with Crippen LogP contribution in [0.25, 0.3) is 10.9 Å². The number of halogens is 1. The van der Waals surface area contributed by atoms with Crippen LogP contribution in [0, 0.1) is 13.8 Å². The zero-order valence-corrected chi connectivity index (χ0v) is 16.1. The number of pyridine rings is 1. The maximum atomic E-state index is 12.1. The molecule has 2 aromatic carbocycles. The lowest BCUT2D eigenvalue weighted by Gasteiger charge is -2.09. The van der Waals surface area contributed by atoms with E-state index in [4.69, 9.17) is 11.6 Å². The summed E-state index contributed by atoms with van der Waals surface area (Å²) in [5.41, 5.74) is 6.42. The number of aryl methyl sites for hydroxylation is 2.